The molecule has 0 saturated carbocycles. The number of benzene rings is 1. The van der Waals surface area contributed by atoms with Gasteiger partial charge >= 0.3 is 0 Å². The molecule has 2 rings (SSSR count). The Morgan fingerprint density at radius 1 is 1.23 bits per heavy atom. The van der Waals surface area contributed by atoms with Crippen molar-refractivity contribution >= 4 is 11.8 Å². The van der Waals surface area contributed by atoms with E-state index in [-0.39, 0.29) is 30.2 Å². The van der Waals surface area contributed by atoms with Crippen molar-refractivity contribution in [3.05, 3.63) is 53.1 Å². The van der Waals surface area contributed by atoms with Crippen LogP contribution in [-0.2, 0) is 16.8 Å². The third kappa shape index (κ3) is 5.40. The number of nitrogens with zero attached hydrogens (tertiary/aromatic N) is 2. The molecule has 0 aliphatic carbocycles. The highest BCUT2D eigenvalue weighted by atomic mass is 19.1. The van der Waals surface area contributed by atoms with Gasteiger partial charge in [-0.1, -0.05) is 20.8 Å². The van der Waals surface area contributed by atoms with Crippen LogP contribution in [0.15, 0.2) is 30.3 Å². The summed E-state index contributed by atoms with van der Waals surface area (Å²) in [5.41, 5.74) is 2.11. The van der Waals surface area contributed by atoms with E-state index >= 15 is 0 Å². The van der Waals surface area contributed by atoms with Gasteiger partial charge in [-0.25, -0.2) is 4.39 Å². The van der Waals surface area contributed by atoms with Crippen molar-refractivity contribution in [2.45, 2.75) is 39.2 Å². The number of nitrogens with one attached hydrogen (secondary N) is 2. The van der Waals surface area contributed by atoms with E-state index in [2.05, 4.69) is 36.3 Å². The lowest BCUT2D eigenvalue weighted by Crippen LogP contribution is -2.32. The summed E-state index contributed by atoms with van der Waals surface area (Å²) in [6.45, 7) is 6.87. The molecule has 0 aliphatic rings. The maximum absolute atomic E-state index is 12.9. The standard InChI is InChI=1S/C19H25FN4O2/c1-19(2,3)16-11-15(22-23-16)12-24(4)17(25)9-10-21-18(26)13-5-7-14(20)8-6-13/h5-8,11H,9-10,12H2,1-4H3,(H,21,26)(H,22,23). The van der Waals surface area contributed by atoms with Crippen molar-refractivity contribution < 1.29 is 14.0 Å². The van der Waals surface area contributed by atoms with Crippen LogP contribution in [0.5, 0.6) is 0 Å². The summed E-state index contributed by atoms with van der Waals surface area (Å²) < 4.78 is 12.9. The highest BCUT2D eigenvalue weighted by Gasteiger charge is 2.18. The van der Waals surface area contributed by atoms with E-state index in [1.165, 1.54) is 24.3 Å². The van der Waals surface area contributed by atoms with Crippen LogP contribution in [0.3, 0.4) is 0 Å². The molecule has 6 nitrogen and oxygen atoms in total. The predicted molar refractivity (Wildman–Crippen MR) is 97.1 cm³/mol. The molecule has 0 saturated heterocycles. The zero-order valence-electron chi connectivity index (χ0n) is 15.6. The fourth-order valence-corrected chi connectivity index (χ4v) is 2.35. The molecule has 2 N–H and O–H groups in total. The lowest BCUT2D eigenvalue weighted by atomic mass is 9.92. The zero-order chi connectivity index (χ0) is 19.3. The first-order valence-electron chi connectivity index (χ1n) is 8.49. The van der Waals surface area contributed by atoms with Crippen molar-refractivity contribution in [1.82, 2.24) is 20.4 Å². The Balaban J connectivity index is 1.79. The summed E-state index contributed by atoms with van der Waals surface area (Å²) in [6, 6.07) is 7.22. The van der Waals surface area contributed by atoms with Crippen LogP contribution in [0, 0.1) is 5.82 Å². The number of halogens is 1. The van der Waals surface area contributed by atoms with Crippen LogP contribution in [0.1, 0.15) is 48.9 Å². The number of amides is 2. The average molecular weight is 360 g/mol. The van der Waals surface area contributed by atoms with Crippen LogP contribution in [0.4, 0.5) is 4.39 Å². The van der Waals surface area contributed by atoms with Crippen LogP contribution < -0.4 is 5.32 Å². The molecular formula is C19H25FN4O2. The summed E-state index contributed by atoms with van der Waals surface area (Å²) >= 11 is 0. The minimum atomic E-state index is -0.397. The molecule has 7 heteroatoms. The molecule has 0 spiro atoms. The van der Waals surface area contributed by atoms with E-state index in [0.29, 0.717) is 12.1 Å². The summed E-state index contributed by atoms with van der Waals surface area (Å²) in [4.78, 5) is 25.7. The molecule has 0 bridgehead atoms. The topological polar surface area (TPSA) is 78.1 Å². The van der Waals surface area contributed by atoms with Gasteiger partial charge in [0.15, 0.2) is 0 Å². The Bertz CT molecular complexity index is 763. The lowest BCUT2D eigenvalue weighted by Gasteiger charge is -2.16. The Morgan fingerprint density at radius 3 is 2.46 bits per heavy atom. The number of aromatic amines is 1. The van der Waals surface area contributed by atoms with Crippen LogP contribution >= 0.6 is 0 Å². The molecule has 1 aromatic heterocycles. The first kappa shape index (κ1) is 19.6. The Hall–Kier alpha value is -2.70. The van der Waals surface area contributed by atoms with Crippen molar-refractivity contribution in [2.24, 2.45) is 0 Å². The highest BCUT2D eigenvalue weighted by Crippen LogP contribution is 2.20. The van der Waals surface area contributed by atoms with Crippen molar-refractivity contribution in [2.75, 3.05) is 13.6 Å². The minimum Gasteiger partial charge on any atom is -0.352 e. The summed E-state index contributed by atoms with van der Waals surface area (Å²) in [6.07, 6.45) is 0.184. The number of rotatable bonds is 6. The van der Waals surface area contributed by atoms with Gasteiger partial charge in [0.05, 0.1) is 17.9 Å². The Labute approximate surface area is 152 Å². The normalized spacial score (nSPS) is 11.3. The van der Waals surface area contributed by atoms with Gasteiger partial charge in [-0.3, -0.25) is 14.7 Å². The smallest absolute Gasteiger partial charge is 0.251 e. The Morgan fingerprint density at radius 2 is 1.88 bits per heavy atom. The first-order chi connectivity index (χ1) is 12.2. The molecule has 0 unspecified atom stereocenters. The predicted octanol–water partition coefficient (Wildman–Crippen LogP) is 2.62. The molecule has 1 aromatic carbocycles. The quantitative estimate of drug-likeness (QED) is 0.831. The van der Waals surface area contributed by atoms with E-state index in [4.69, 9.17) is 0 Å². The maximum atomic E-state index is 12.9. The number of H-pyrrole nitrogens is 1. The van der Waals surface area contributed by atoms with Crippen LogP contribution in [-0.4, -0.2) is 40.5 Å². The second-order valence-corrected chi connectivity index (χ2v) is 7.29. The van der Waals surface area contributed by atoms with E-state index in [0.717, 1.165) is 11.4 Å². The second kappa shape index (κ2) is 8.12. The fourth-order valence-electron chi connectivity index (χ4n) is 2.35. The number of aromatic nitrogens is 2. The van der Waals surface area contributed by atoms with E-state index in [1.54, 1.807) is 11.9 Å². The van der Waals surface area contributed by atoms with Gasteiger partial charge < -0.3 is 10.2 Å². The number of carbonyl (C=O) groups is 2. The van der Waals surface area contributed by atoms with Crippen LogP contribution in [0.25, 0.3) is 0 Å². The molecule has 140 valence electrons. The zero-order valence-corrected chi connectivity index (χ0v) is 15.6. The first-order valence-corrected chi connectivity index (χ1v) is 8.49. The average Bonchev–Trinajstić information content (AvgIpc) is 3.04. The largest absolute Gasteiger partial charge is 0.352 e. The molecule has 2 amide bonds. The fraction of sp³-hybridized carbons (Fsp3) is 0.421. The van der Waals surface area contributed by atoms with Gasteiger partial charge in [-0.2, -0.15) is 5.10 Å². The van der Waals surface area contributed by atoms with Crippen molar-refractivity contribution in [1.29, 1.82) is 0 Å². The molecule has 26 heavy (non-hydrogen) atoms. The highest BCUT2D eigenvalue weighted by molar-refractivity contribution is 5.94. The second-order valence-electron chi connectivity index (χ2n) is 7.29. The summed E-state index contributed by atoms with van der Waals surface area (Å²) in [5, 5.41) is 9.90. The molecular weight excluding hydrogens is 335 g/mol. The minimum absolute atomic E-state index is 0.0536. The molecule has 0 aliphatic heterocycles. The van der Waals surface area contributed by atoms with E-state index in [1.807, 2.05) is 6.07 Å². The number of hydrogen-bond acceptors (Lipinski definition) is 3. The SMILES string of the molecule is CN(Cc1cc(C(C)(C)C)n[nH]1)C(=O)CCNC(=O)c1ccc(F)cc1. The summed E-state index contributed by atoms with van der Waals surface area (Å²) in [7, 11) is 1.71. The van der Waals surface area contributed by atoms with Gasteiger partial charge in [0.2, 0.25) is 5.91 Å². The van der Waals surface area contributed by atoms with Gasteiger partial charge in [0, 0.05) is 31.0 Å². The van der Waals surface area contributed by atoms with Gasteiger partial charge in [-0.15, -0.1) is 0 Å². The number of hydrogen-bond donors (Lipinski definition) is 2. The van der Waals surface area contributed by atoms with Crippen molar-refractivity contribution in [3.63, 3.8) is 0 Å². The molecule has 0 radical (unpaired) electrons. The third-order valence-electron chi connectivity index (χ3n) is 3.96. The van der Waals surface area contributed by atoms with E-state index < -0.39 is 5.82 Å². The molecule has 2 aromatic rings. The third-order valence-corrected chi connectivity index (χ3v) is 3.96. The molecule has 1 heterocycles. The van der Waals surface area contributed by atoms with Gasteiger partial charge in [0.1, 0.15) is 5.82 Å². The Kier molecular flexibility index (Phi) is 6.13. The lowest BCUT2D eigenvalue weighted by molar-refractivity contribution is -0.130. The maximum Gasteiger partial charge on any atom is 0.251 e. The van der Waals surface area contributed by atoms with Crippen LogP contribution in [0.2, 0.25) is 0 Å². The van der Waals surface area contributed by atoms with Gasteiger partial charge in [0.25, 0.3) is 5.91 Å². The molecule has 0 atom stereocenters. The molecule has 0 fully saturated rings. The van der Waals surface area contributed by atoms with E-state index in [9.17, 15) is 14.0 Å². The summed E-state index contributed by atoms with van der Waals surface area (Å²) in [5.74, 6) is -0.813. The van der Waals surface area contributed by atoms with Crippen molar-refractivity contribution in [3.8, 4) is 0 Å². The van der Waals surface area contributed by atoms with Gasteiger partial charge in [-0.05, 0) is 30.3 Å². The monoisotopic (exact) mass is 360 g/mol. The number of carbonyl (C=O) groups excluding carboxylic acids is 2.